The highest BCUT2D eigenvalue weighted by molar-refractivity contribution is 5.71. The van der Waals surface area contributed by atoms with Crippen LogP contribution in [-0.4, -0.2) is 18.2 Å². The summed E-state index contributed by atoms with van der Waals surface area (Å²) < 4.78 is 26.7. The molecule has 0 aliphatic heterocycles. The number of hydrogen-bond donors (Lipinski definition) is 1. The summed E-state index contributed by atoms with van der Waals surface area (Å²) >= 11 is 0. The van der Waals surface area contributed by atoms with Gasteiger partial charge in [0.15, 0.2) is 0 Å². The highest BCUT2D eigenvalue weighted by atomic mass is 19.1. The molecular weight excluding hydrogens is 491 g/mol. The van der Waals surface area contributed by atoms with Gasteiger partial charge in [0.05, 0.1) is 13.5 Å². The van der Waals surface area contributed by atoms with Crippen LogP contribution in [0.5, 0.6) is 11.5 Å². The van der Waals surface area contributed by atoms with E-state index in [1.807, 2.05) is 36.4 Å². The Labute approximate surface area is 231 Å². The Morgan fingerprint density at radius 3 is 2.54 bits per heavy atom. The van der Waals surface area contributed by atoms with Crippen molar-refractivity contribution in [3.05, 3.63) is 83.2 Å². The molecule has 2 saturated carbocycles. The van der Waals surface area contributed by atoms with Gasteiger partial charge in [-0.25, -0.2) is 4.39 Å². The summed E-state index contributed by atoms with van der Waals surface area (Å²) in [5.74, 6) is 1.33. The highest BCUT2D eigenvalue weighted by Gasteiger charge is 2.37. The smallest absolute Gasteiger partial charge is 0.303 e. The number of carboxylic acids is 1. The second-order valence-electron chi connectivity index (χ2n) is 12.0. The van der Waals surface area contributed by atoms with Crippen molar-refractivity contribution in [2.24, 2.45) is 11.3 Å². The van der Waals surface area contributed by atoms with Crippen LogP contribution in [0.1, 0.15) is 87.3 Å². The molecule has 2 aliphatic rings. The lowest BCUT2D eigenvalue weighted by Crippen LogP contribution is -2.17. The van der Waals surface area contributed by atoms with Crippen LogP contribution < -0.4 is 9.47 Å². The molecule has 0 heterocycles. The third-order valence-electron chi connectivity index (χ3n) is 8.68. The second-order valence-corrected chi connectivity index (χ2v) is 12.0. The van der Waals surface area contributed by atoms with E-state index in [0.29, 0.717) is 29.8 Å². The van der Waals surface area contributed by atoms with E-state index in [1.165, 1.54) is 18.9 Å². The van der Waals surface area contributed by atoms with Crippen LogP contribution in [0, 0.1) is 17.2 Å². The summed E-state index contributed by atoms with van der Waals surface area (Å²) in [7, 11) is 1.60. The number of hydrogen-bond acceptors (Lipinski definition) is 3. The van der Waals surface area contributed by atoms with Gasteiger partial charge in [0.25, 0.3) is 0 Å². The molecule has 3 aromatic carbocycles. The first-order valence-electron chi connectivity index (χ1n) is 14.1. The van der Waals surface area contributed by atoms with Crippen LogP contribution >= 0.6 is 0 Å². The van der Waals surface area contributed by atoms with Gasteiger partial charge in [-0.05, 0) is 95.0 Å². The van der Waals surface area contributed by atoms with Crippen LogP contribution in [0.25, 0.3) is 11.1 Å². The van der Waals surface area contributed by atoms with E-state index >= 15 is 4.39 Å². The Hall–Kier alpha value is -3.34. The van der Waals surface area contributed by atoms with Gasteiger partial charge in [-0.2, -0.15) is 0 Å². The molecule has 0 saturated heterocycles. The Kier molecular flexibility index (Phi) is 7.97. The molecule has 4 nitrogen and oxygen atoms in total. The molecule has 0 aromatic heterocycles. The van der Waals surface area contributed by atoms with E-state index < -0.39 is 5.97 Å². The van der Waals surface area contributed by atoms with Gasteiger partial charge in [-0.3, -0.25) is 4.79 Å². The normalized spacial score (nSPS) is 19.0. The fraction of sp³-hybridized carbons (Fsp3) is 0.441. The molecule has 1 N–H and O–H groups in total. The van der Waals surface area contributed by atoms with E-state index in [9.17, 15) is 9.90 Å². The summed E-state index contributed by atoms with van der Waals surface area (Å²) in [5.41, 5.74) is 4.81. The number of halogens is 1. The standard InChI is InChI=1S/C34H39FO4/c1-34(2)15-5-8-31(34)29-17-23(11-13-28(29)30-20-26(38-3)12-14-32(30)35)21-39-27-7-4-6-24(18-27)25(19-33(36)37)16-22-9-10-22/h4,6-7,11-14,17-18,20,22,25,31H,5,8-10,15-16,19,21H2,1-3H3,(H,36,37)/t25-,31-/m1/s1. The van der Waals surface area contributed by atoms with Crippen molar-refractivity contribution in [2.75, 3.05) is 7.11 Å². The van der Waals surface area contributed by atoms with Crippen molar-refractivity contribution < 1.29 is 23.8 Å². The maximum Gasteiger partial charge on any atom is 0.303 e. The fourth-order valence-corrected chi connectivity index (χ4v) is 6.31. The molecule has 206 valence electrons. The van der Waals surface area contributed by atoms with Crippen molar-refractivity contribution in [3.63, 3.8) is 0 Å². The van der Waals surface area contributed by atoms with Gasteiger partial charge in [0, 0.05) is 5.56 Å². The zero-order valence-electron chi connectivity index (χ0n) is 23.2. The molecular formula is C34H39FO4. The predicted octanol–water partition coefficient (Wildman–Crippen LogP) is 8.73. The van der Waals surface area contributed by atoms with Gasteiger partial charge >= 0.3 is 5.97 Å². The molecule has 39 heavy (non-hydrogen) atoms. The first-order valence-corrected chi connectivity index (χ1v) is 14.1. The first kappa shape index (κ1) is 27.2. The number of carboxylic acid groups (broad SMARTS) is 1. The fourth-order valence-electron chi connectivity index (χ4n) is 6.31. The van der Waals surface area contributed by atoms with Crippen molar-refractivity contribution >= 4 is 5.97 Å². The van der Waals surface area contributed by atoms with Crippen molar-refractivity contribution in [3.8, 4) is 22.6 Å². The quantitative estimate of drug-likeness (QED) is 0.269. The minimum atomic E-state index is -0.762. The Bertz CT molecular complexity index is 1330. The Morgan fingerprint density at radius 2 is 1.85 bits per heavy atom. The summed E-state index contributed by atoms with van der Waals surface area (Å²) in [6.45, 7) is 5.00. The topological polar surface area (TPSA) is 55.8 Å². The molecule has 0 bridgehead atoms. The molecule has 0 unspecified atom stereocenters. The molecule has 0 amide bonds. The monoisotopic (exact) mass is 530 g/mol. The van der Waals surface area contributed by atoms with Gasteiger partial charge in [0.2, 0.25) is 0 Å². The third-order valence-corrected chi connectivity index (χ3v) is 8.68. The summed E-state index contributed by atoms with van der Waals surface area (Å²) in [4.78, 5) is 11.5. The lowest BCUT2D eigenvalue weighted by molar-refractivity contribution is -0.137. The number of ether oxygens (including phenoxy) is 2. The van der Waals surface area contributed by atoms with Crippen LogP contribution in [0.4, 0.5) is 4.39 Å². The maximum atomic E-state index is 15.1. The van der Waals surface area contributed by atoms with Crippen LogP contribution in [0.2, 0.25) is 0 Å². The molecule has 2 aliphatic carbocycles. The van der Waals surface area contributed by atoms with Crippen LogP contribution in [-0.2, 0) is 11.4 Å². The van der Waals surface area contributed by atoms with Crippen molar-refractivity contribution in [2.45, 2.75) is 77.2 Å². The molecule has 3 aromatic rings. The summed E-state index contributed by atoms with van der Waals surface area (Å²) in [6, 6.07) is 19.0. The zero-order chi connectivity index (χ0) is 27.6. The lowest BCUT2D eigenvalue weighted by atomic mass is 9.75. The first-order chi connectivity index (χ1) is 18.7. The molecule has 2 atom stereocenters. The van der Waals surface area contributed by atoms with Crippen molar-refractivity contribution in [1.82, 2.24) is 0 Å². The van der Waals surface area contributed by atoms with E-state index in [1.54, 1.807) is 19.2 Å². The Morgan fingerprint density at radius 1 is 1.03 bits per heavy atom. The van der Waals surface area contributed by atoms with Crippen LogP contribution in [0.15, 0.2) is 60.7 Å². The number of rotatable bonds is 11. The number of carbonyl (C=O) groups is 1. The van der Waals surface area contributed by atoms with Crippen molar-refractivity contribution in [1.29, 1.82) is 0 Å². The minimum Gasteiger partial charge on any atom is -0.497 e. The SMILES string of the molecule is COc1ccc(F)c(-c2ccc(COc3cccc([C@@H](CC(=O)O)CC4CC4)c3)cc2[C@H]2CCCC2(C)C)c1. The van der Waals surface area contributed by atoms with Gasteiger partial charge in [-0.15, -0.1) is 0 Å². The average molecular weight is 531 g/mol. The Balaban J connectivity index is 1.41. The molecule has 0 spiro atoms. The summed E-state index contributed by atoms with van der Waals surface area (Å²) in [5, 5.41) is 9.44. The van der Waals surface area contributed by atoms with E-state index in [-0.39, 0.29) is 23.6 Å². The van der Waals surface area contributed by atoms with E-state index in [4.69, 9.17) is 9.47 Å². The number of benzene rings is 3. The third kappa shape index (κ3) is 6.46. The largest absolute Gasteiger partial charge is 0.497 e. The molecule has 0 radical (unpaired) electrons. The predicted molar refractivity (Wildman–Crippen MR) is 152 cm³/mol. The molecule has 5 heteroatoms. The number of aliphatic carboxylic acids is 1. The van der Waals surface area contributed by atoms with Gasteiger partial charge in [0.1, 0.15) is 23.9 Å². The number of methoxy groups -OCH3 is 1. The molecule has 5 rings (SSSR count). The minimum absolute atomic E-state index is 0.00629. The van der Waals surface area contributed by atoms with E-state index in [2.05, 4.69) is 19.9 Å². The lowest BCUT2D eigenvalue weighted by Gasteiger charge is -2.30. The summed E-state index contributed by atoms with van der Waals surface area (Å²) in [6.07, 6.45) is 6.82. The van der Waals surface area contributed by atoms with Gasteiger partial charge in [-0.1, -0.05) is 63.4 Å². The maximum absolute atomic E-state index is 15.1. The average Bonchev–Trinajstić information content (AvgIpc) is 3.66. The van der Waals surface area contributed by atoms with E-state index in [0.717, 1.165) is 53.7 Å². The zero-order valence-corrected chi connectivity index (χ0v) is 23.2. The molecule has 2 fully saturated rings. The van der Waals surface area contributed by atoms with Gasteiger partial charge < -0.3 is 14.6 Å². The second kappa shape index (κ2) is 11.4. The van der Waals surface area contributed by atoms with Crippen LogP contribution in [0.3, 0.4) is 0 Å². The highest BCUT2D eigenvalue weighted by Crippen LogP contribution is 2.51.